The lowest BCUT2D eigenvalue weighted by Gasteiger charge is -2.32. The van der Waals surface area contributed by atoms with Crippen LogP contribution in [0.15, 0.2) is 44.2 Å². The predicted octanol–water partition coefficient (Wildman–Crippen LogP) is 3.50. The normalized spacial score (nSPS) is 14.9. The van der Waals surface area contributed by atoms with Crippen molar-refractivity contribution >= 4 is 21.4 Å². The summed E-state index contributed by atoms with van der Waals surface area (Å²) in [5.74, 6) is -0.496. The second-order valence-corrected chi connectivity index (χ2v) is 10.7. The van der Waals surface area contributed by atoms with Crippen molar-refractivity contribution in [2.45, 2.75) is 63.4 Å². The van der Waals surface area contributed by atoms with Crippen LogP contribution in [-0.4, -0.2) is 59.9 Å². The van der Waals surface area contributed by atoms with Crippen molar-refractivity contribution < 1.29 is 23.4 Å². The number of aliphatic hydroxyl groups excluding tert-OH is 1. The number of aromatic hydroxyl groups is 1. The average molecular weight is 532 g/mol. The number of ether oxygens (including phenoxy) is 1. The second kappa shape index (κ2) is 12.9. The van der Waals surface area contributed by atoms with Crippen LogP contribution in [0.4, 0.5) is 11.4 Å². The highest BCUT2D eigenvalue weighted by Crippen LogP contribution is 2.30. The molecule has 1 aliphatic carbocycles. The van der Waals surface area contributed by atoms with Gasteiger partial charge in [-0.2, -0.15) is 14.7 Å². The number of aromatic nitrogens is 1. The van der Waals surface area contributed by atoms with E-state index in [9.17, 15) is 23.6 Å². The van der Waals surface area contributed by atoms with E-state index in [0.29, 0.717) is 12.2 Å². The molecule has 1 aromatic carbocycles. The number of aliphatic hydroxyl groups is 1. The summed E-state index contributed by atoms with van der Waals surface area (Å²) < 4.78 is 34.2. The van der Waals surface area contributed by atoms with Crippen LogP contribution in [0.25, 0.3) is 0 Å². The first-order chi connectivity index (χ1) is 17.8. The molecule has 0 bridgehead atoms. The third kappa shape index (κ3) is 6.42. The minimum Gasteiger partial charge on any atom is -0.493 e. The molecule has 2 aromatic rings. The van der Waals surface area contributed by atoms with Crippen LogP contribution in [-0.2, 0) is 21.3 Å². The minimum atomic E-state index is -3.66. The Morgan fingerprint density at radius 1 is 1.16 bits per heavy atom. The Labute approximate surface area is 216 Å². The molecule has 1 aromatic heterocycles. The summed E-state index contributed by atoms with van der Waals surface area (Å²) in [6.45, 7) is 3.59. The summed E-state index contributed by atoms with van der Waals surface area (Å²) in [4.78, 5) is 13.1. The summed E-state index contributed by atoms with van der Waals surface area (Å²) in [6.07, 6.45) is 4.91. The van der Waals surface area contributed by atoms with Gasteiger partial charge in [0.2, 0.25) is 15.9 Å². The minimum absolute atomic E-state index is 0.00567. The second-order valence-electron chi connectivity index (χ2n) is 8.77. The fourth-order valence-electron chi connectivity index (χ4n) is 4.51. The molecule has 0 unspecified atom stereocenters. The highest BCUT2D eigenvalue weighted by molar-refractivity contribution is 7.89. The summed E-state index contributed by atoms with van der Waals surface area (Å²) in [5, 5.41) is 36.8. The topological polar surface area (TPSA) is 158 Å². The molecule has 0 amide bonds. The first kappa shape index (κ1) is 28.5. The molecule has 0 spiro atoms. The number of rotatable bonds is 11. The van der Waals surface area contributed by atoms with E-state index in [0.717, 1.165) is 36.7 Å². The Bertz CT molecular complexity index is 1310. The fraction of sp³-hybridized carbons (Fsp3) is 0.520. The first-order valence-corrected chi connectivity index (χ1v) is 13.8. The van der Waals surface area contributed by atoms with Gasteiger partial charge in [0, 0.05) is 18.2 Å². The monoisotopic (exact) mass is 531 g/mol. The summed E-state index contributed by atoms with van der Waals surface area (Å²) in [5.41, 5.74) is -0.396. The zero-order valence-electron chi connectivity index (χ0n) is 21.1. The third-order valence-electron chi connectivity index (χ3n) is 6.47. The van der Waals surface area contributed by atoms with Crippen molar-refractivity contribution in [2.75, 3.05) is 26.4 Å². The Hall–Kier alpha value is -3.11. The van der Waals surface area contributed by atoms with E-state index < -0.39 is 21.5 Å². The molecule has 0 saturated heterocycles. The van der Waals surface area contributed by atoms with E-state index in [4.69, 9.17) is 9.84 Å². The number of hydrogen-bond acceptors (Lipinski definition) is 9. The largest absolute Gasteiger partial charge is 0.493 e. The van der Waals surface area contributed by atoms with Crippen molar-refractivity contribution in [3.63, 3.8) is 0 Å². The van der Waals surface area contributed by atoms with Gasteiger partial charge in [-0.15, -0.1) is 5.11 Å². The van der Waals surface area contributed by atoms with E-state index >= 15 is 0 Å². The lowest BCUT2D eigenvalue weighted by molar-refractivity contribution is 0.0854. The molecule has 11 nitrogen and oxygen atoms in total. The van der Waals surface area contributed by atoms with Crippen LogP contribution in [0.2, 0.25) is 0 Å². The van der Waals surface area contributed by atoms with Gasteiger partial charge in [0.05, 0.1) is 36.9 Å². The van der Waals surface area contributed by atoms with Gasteiger partial charge in [0.15, 0.2) is 5.69 Å². The van der Waals surface area contributed by atoms with Crippen molar-refractivity contribution in [3.05, 3.63) is 45.7 Å². The van der Waals surface area contributed by atoms with Crippen LogP contribution in [0.5, 0.6) is 5.88 Å². The lowest BCUT2D eigenvalue weighted by Crippen LogP contribution is -2.41. The van der Waals surface area contributed by atoms with Crippen LogP contribution in [0, 0.1) is 18.3 Å². The number of hydrogen-bond donors (Lipinski definition) is 2. The van der Waals surface area contributed by atoms with Crippen LogP contribution < -0.4 is 5.56 Å². The highest BCUT2D eigenvalue weighted by atomic mass is 32.2. The first-order valence-electron chi connectivity index (χ1n) is 12.3. The van der Waals surface area contributed by atoms with Crippen LogP contribution >= 0.6 is 0 Å². The van der Waals surface area contributed by atoms with E-state index in [1.165, 1.54) is 31.2 Å². The Balaban J connectivity index is 1.87. The van der Waals surface area contributed by atoms with Crippen molar-refractivity contribution in [3.8, 4) is 11.9 Å². The van der Waals surface area contributed by atoms with Crippen molar-refractivity contribution in [2.24, 2.45) is 10.2 Å². The number of azo groups is 1. The number of nitriles is 1. The van der Waals surface area contributed by atoms with Gasteiger partial charge >= 0.3 is 0 Å². The maximum Gasteiger partial charge on any atom is 0.281 e. The van der Waals surface area contributed by atoms with Gasteiger partial charge in [-0.1, -0.05) is 26.2 Å². The molecule has 1 heterocycles. The summed E-state index contributed by atoms with van der Waals surface area (Å²) in [7, 11) is -3.66. The molecule has 2 N–H and O–H groups in total. The highest BCUT2D eigenvalue weighted by Gasteiger charge is 2.31. The SMILES string of the molecule is CCN(C1CCCCC1)S(=O)(=O)c1ccc(N=Nc2c(C)c(C#N)c(O)n(CCOCCO)c2=O)cc1. The number of nitrogens with zero attached hydrogens (tertiary/aromatic N) is 5. The smallest absolute Gasteiger partial charge is 0.281 e. The quantitative estimate of drug-likeness (QED) is 0.332. The van der Waals surface area contributed by atoms with Crippen molar-refractivity contribution in [1.82, 2.24) is 8.87 Å². The van der Waals surface area contributed by atoms with E-state index in [2.05, 4.69) is 10.2 Å². The van der Waals surface area contributed by atoms with Gasteiger partial charge in [-0.05, 0) is 44.0 Å². The van der Waals surface area contributed by atoms with Gasteiger partial charge in [0.25, 0.3) is 5.56 Å². The van der Waals surface area contributed by atoms with Gasteiger partial charge in [-0.25, -0.2) is 8.42 Å². The number of pyridine rings is 1. The fourth-order valence-corrected chi connectivity index (χ4v) is 6.20. The molecule has 37 heavy (non-hydrogen) atoms. The average Bonchev–Trinajstić information content (AvgIpc) is 2.89. The molecule has 200 valence electrons. The molecule has 12 heteroatoms. The van der Waals surface area contributed by atoms with Crippen LogP contribution in [0.3, 0.4) is 0 Å². The van der Waals surface area contributed by atoms with Gasteiger partial charge < -0.3 is 14.9 Å². The zero-order chi connectivity index (χ0) is 27.0. The molecule has 3 rings (SSSR count). The summed E-state index contributed by atoms with van der Waals surface area (Å²) >= 11 is 0. The van der Waals surface area contributed by atoms with Crippen LogP contribution in [0.1, 0.15) is 50.2 Å². The number of benzene rings is 1. The molecule has 0 radical (unpaired) electrons. The molecular formula is C25H33N5O6S. The number of sulfonamides is 1. The van der Waals surface area contributed by atoms with Gasteiger partial charge in [-0.3, -0.25) is 9.36 Å². The van der Waals surface area contributed by atoms with Gasteiger partial charge in [0.1, 0.15) is 11.6 Å². The molecule has 0 atom stereocenters. The molecular weight excluding hydrogens is 498 g/mol. The summed E-state index contributed by atoms with van der Waals surface area (Å²) in [6, 6.07) is 7.83. The molecule has 1 fully saturated rings. The van der Waals surface area contributed by atoms with E-state index in [1.54, 1.807) is 4.31 Å². The Morgan fingerprint density at radius 2 is 1.84 bits per heavy atom. The third-order valence-corrected chi connectivity index (χ3v) is 8.51. The molecule has 1 saturated carbocycles. The standard InChI is InChI=1S/C25H33N5O6S/c1-3-30(20-7-5-4-6-8-20)37(34,35)21-11-9-19(10-12-21)27-28-23-18(2)22(17-26)24(32)29(25(23)33)13-15-36-16-14-31/h9-12,20,31-32H,3-8,13-16H2,1-2H3. The van der Waals surface area contributed by atoms with E-state index in [1.807, 2.05) is 13.0 Å². The maximum atomic E-state index is 13.3. The van der Waals surface area contributed by atoms with Crippen molar-refractivity contribution in [1.29, 1.82) is 5.26 Å². The maximum absolute atomic E-state index is 13.3. The Kier molecular flexibility index (Phi) is 9.93. The Morgan fingerprint density at radius 3 is 2.43 bits per heavy atom. The zero-order valence-corrected chi connectivity index (χ0v) is 21.9. The molecule has 1 aliphatic rings. The van der Waals surface area contributed by atoms with E-state index in [-0.39, 0.29) is 54.1 Å². The lowest BCUT2D eigenvalue weighted by atomic mass is 9.95. The predicted molar refractivity (Wildman–Crippen MR) is 137 cm³/mol. The molecule has 0 aliphatic heterocycles.